The molecule has 0 aromatic carbocycles. The first-order chi connectivity index (χ1) is 16.6. The van der Waals surface area contributed by atoms with Crippen LogP contribution in [0.1, 0.15) is 155 Å². The van der Waals surface area contributed by atoms with Crippen LogP contribution < -0.4 is 10.6 Å². The monoisotopic (exact) mass is 482 g/mol. The molecule has 0 aromatic heterocycles. The van der Waals surface area contributed by atoms with E-state index in [4.69, 9.17) is 0 Å². The zero-order chi connectivity index (χ0) is 25.1. The Morgan fingerprint density at radius 2 is 0.971 bits per heavy atom. The van der Waals surface area contributed by atoms with E-state index in [2.05, 4.69) is 24.5 Å². The Morgan fingerprint density at radius 1 is 0.588 bits per heavy atom. The van der Waals surface area contributed by atoms with Crippen LogP contribution in [0.2, 0.25) is 0 Å². The molecule has 1 amide bonds. The summed E-state index contributed by atoms with van der Waals surface area (Å²) in [6.45, 7) is 5.92. The van der Waals surface area contributed by atoms with Gasteiger partial charge in [-0.05, 0) is 25.8 Å². The standard InChI is InChI=1S/C29H58N2O3/c1-3-5-7-9-11-13-15-17-19-21-25-30-27(29(33)34)23-24-28(32)31-26-22-20-18-16-14-12-10-8-6-4-2/h27,30H,3-26H2,1-2H3,(H,31,32)(H,33,34)/t27-/m0/s1. The SMILES string of the molecule is CCCCCCCCCCCCNC(=O)CC[C@H](NCCCCCCCCCCCC)C(=O)O. The maximum atomic E-state index is 12.1. The van der Waals surface area contributed by atoms with Gasteiger partial charge in [-0.2, -0.15) is 0 Å². The molecule has 5 nitrogen and oxygen atoms in total. The van der Waals surface area contributed by atoms with Gasteiger partial charge in [-0.25, -0.2) is 0 Å². The summed E-state index contributed by atoms with van der Waals surface area (Å²) in [5.74, 6) is -0.877. The predicted molar refractivity (Wildman–Crippen MR) is 145 cm³/mol. The van der Waals surface area contributed by atoms with Crippen LogP contribution in [0.25, 0.3) is 0 Å². The van der Waals surface area contributed by atoms with Gasteiger partial charge in [0.15, 0.2) is 0 Å². The minimum absolute atomic E-state index is 0.0251. The van der Waals surface area contributed by atoms with Crippen molar-refractivity contribution in [3.8, 4) is 0 Å². The molecule has 0 aliphatic carbocycles. The summed E-state index contributed by atoms with van der Waals surface area (Å²) in [6, 6.07) is -0.623. The summed E-state index contributed by atoms with van der Waals surface area (Å²) < 4.78 is 0. The lowest BCUT2D eigenvalue weighted by Crippen LogP contribution is -2.38. The molecule has 0 saturated carbocycles. The van der Waals surface area contributed by atoms with E-state index in [0.717, 1.165) is 25.7 Å². The maximum absolute atomic E-state index is 12.1. The largest absolute Gasteiger partial charge is 0.480 e. The van der Waals surface area contributed by atoms with E-state index in [9.17, 15) is 14.7 Å². The minimum atomic E-state index is -0.852. The first kappa shape index (κ1) is 32.9. The molecule has 5 heteroatoms. The first-order valence-electron chi connectivity index (χ1n) is 14.8. The maximum Gasteiger partial charge on any atom is 0.320 e. The smallest absolute Gasteiger partial charge is 0.320 e. The van der Waals surface area contributed by atoms with E-state index in [1.54, 1.807) is 0 Å². The third kappa shape index (κ3) is 24.0. The van der Waals surface area contributed by atoms with Crippen molar-refractivity contribution in [3.05, 3.63) is 0 Å². The highest BCUT2D eigenvalue weighted by Crippen LogP contribution is 2.11. The molecule has 1 atom stereocenters. The van der Waals surface area contributed by atoms with Gasteiger partial charge in [-0.1, -0.05) is 129 Å². The molecule has 34 heavy (non-hydrogen) atoms. The highest BCUT2D eigenvalue weighted by atomic mass is 16.4. The van der Waals surface area contributed by atoms with E-state index in [-0.39, 0.29) is 12.3 Å². The fourth-order valence-corrected chi connectivity index (χ4v) is 4.41. The molecule has 0 unspecified atom stereocenters. The molecule has 0 aliphatic heterocycles. The number of nitrogens with one attached hydrogen (secondary N) is 2. The quantitative estimate of drug-likeness (QED) is 0.104. The highest BCUT2D eigenvalue weighted by Gasteiger charge is 2.17. The zero-order valence-electron chi connectivity index (χ0n) is 22.8. The molecule has 0 bridgehead atoms. The Morgan fingerprint density at radius 3 is 1.38 bits per heavy atom. The number of unbranched alkanes of at least 4 members (excludes halogenated alkanes) is 18. The first-order valence-corrected chi connectivity index (χ1v) is 14.8. The normalized spacial score (nSPS) is 12.1. The number of hydrogen-bond acceptors (Lipinski definition) is 3. The highest BCUT2D eigenvalue weighted by molar-refractivity contribution is 5.78. The van der Waals surface area contributed by atoms with Gasteiger partial charge in [-0.15, -0.1) is 0 Å². The van der Waals surface area contributed by atoms with Crippen LogP contribution in [0, 0.1) is 0 Å². The Bertz CT molecular complexity index is 457. The van der Waals surface area contributed by atoms with Crippen molar-refractivity contribution < 1.29 is 14.7 Å². The number of aliphatic carboxylic acids is 1. The molecule has 0 saturated heterocycles. The lowest BCUT2D eigenvalue weighted by atomic mass is 10.1. The Balaban J connectivity index is 3.57. The van der Waals surface area contributed by atoms with Crippen molar-refractivity contribution in [2.24, 2.45) is 0 Å². The summed E-state index contributed by atoms with van der Waals surface area (Å²) in [5, 5.41) is 15.5. The number of hydrogen-bond donors (Lipinski definition) is 3. The van der Waals surface area contributed by atoms with Gasteiger partial charge in [0.05, 0.1) is 0 Å². The van der Waals surface area contributed by atoms with E-state index < -0.39 is 12.0 Å². The van der Waals surface area contributed by atoms with Crippen LogP contribution in [0.3, 0.4) is 0 Å². The summed E-state index contributed by atoms with van der Waals surface area (Å²) >= 11 is 0. The predicted octanol–water partition coefficient (Wildman–Crippen LogP) is 7.77. The molecule has 3 N–H and O–H groups in total. The lowest BCUT2D eigenvalue weighted by molar-refractivity contribution is -0.139. The summed E-state index contributed by atoms with van der Waals surface area (Å²) in [6.07, 6.45) is 26.2. The van der Waals surface area contributed by atoms with Gasteiger partial charge in [0.25, 0.3) is 0 Å². The average molecular weight is 483 g/mol. The number of carbonyl (C=O) groups excluding carboxylic acids is 1. The van der Waals surface area contributed by atoms with Gasteiger partial charge >= 0.3 is 5.97 Å². The average Bonchev–Trinajstić information content (AvgIpc) is 2.82. The second-order valence-corrected chi connectivity index (χ2v) is 10.1. The van der Waals surface area contributed by atoms with Crippen LogP contribution in [0.5, 0.6) is 0 Å². The van der Waals surface area contributed by atoms with Crippen molar-refractivity contribution in [3.63, 3.8) is 0 Å². The van der Waals surface area contributed by atoms with Crippen LogP contribution in [0.15, 0.2) is 0 Å². The number of carboxylic acid groups (broad SMARTS) is 1. The van der Waals surface area contributed by atoms with Crippen molar-refractivity contribution in [1.82, 2.24) is 10.6 Å². The van der Waals surface area contributed by atoms with E-state index in [0.29, 0.717) is 19.5 Å². The second kappa shape index (κ2) is 26.5. The Labute approximate surface area is 211 Å². The number of carboxylic acids is 1. The van der Waals surface area contributed by atoms with Crippen LogP contribution in [0.4, 0.5) is 0 Å². The van der Waals surface area contributed by atoms with Crippen molar-refractivity contribution in [1.29, 1.82) is 0 Å². The van der Waals surface area contributed by atoms with Gasteiger partial charge in [-0.3, -0.25) is 9.59 Å². The fourth-order valence-electron chi connectivity index (χ4n) is 4.41. The van der Waals surface area contributed by atoms with Gasteiger partial charge in [0.1, 0.15) is 6.04 Å². The molecule has 0 aliphatic rings. The lowest BCUT2D eigenvalue weighted by Gasteiger charge is -2.14. The topological polar surface area (TPSA) is 78.4 Å². The van der Waals surface area contributed by atoms with Gasteiger partial charge < -0.3 is 15.7 Å². The van der Waals surface area contributed by atoms with Crippen LogP contribution in [-0.4, -0.2) is 36.1 Å². The van der Waals surface area contributed by atoms with Crippen molar-refractivity contribution in [2.45, 2.75) is 161 Å². The Kier molecular flexibility index (Phi) is 25.6. The molecule has 202 valence electrons. The van der Waals surface area contributed by atoms with E-state index >= 15 is 0 Å². The van der Waals surface area contributed by atoms with Crippen LogP contribution in [-0.2, 0) is 9.59 Å². The Hall–Kier alpha value is -1.10. The number of amides is 1. The molecule has 0 spiro atoms. The second-order valence-electron chi connectivity index (χ2n) is 10.1. The number of carbonyl (C=O) groups is 2. The zero-order valence-corrected chi connectivity index (χ0v) is 22.8. The molecule has 0 radical (unpaired) electrons. The third-order valence-electron chi connectivity index (χ3n) is 6.73. The summed E-state index contributed by atoms with van der Waals surface area (Å²) in [5.41, 5.74) is 0. The molecular weight excluding hydrogens is 424 g/mol. The minimum Gasteiger partial charge on any atom is -0.480 e. The third-order valence-corrected chi connectivity index (χ3v) is 6.73. The molecule has 0 aromatic rings. The molecular formula is C29H58N2O3. The molecule has 0 heterocycles. The number of rotatable bonds is 27. The van der Waals surface area contributed by atoms with E-state index in [1.807, 2.05) is 0 Å². The van der Waals surface area contributed by atoms with Crippen molar-refractivity contribution >= 4 is 11.9 Å². The van der Waals surface area contributed by atoms with E-state index in [1.165, 1.54) is 103 Å². The van der Waals surface area contributed by atoms with Crippen LogP contribution >= 0.6 is 0 Å². The summed E-state index contributed by atoms with van der Waals surface area (Å²) in [7, 11) is 0. The molecule has 0 rings (SSSR count). The summed E-state index contributed by atoms with van der Waals surface area (Å²) in [4.78, 5) is 23.5. The van der Waals surface area contributed by atoms with Gasteiger partial charge in [0.2, 0.25) is 5.91 Å². The fraction of sp³-hybridized carbons (Fsp3) is 0.931. The van der Waals surface area contributed by atoms with Gasteiger partial charge in [0, 0.05) is 13.0 Å². The molecule has 0 fully saturated rings. The van der Waals surface area contributed by atoms with Crippen molar-refractivity contribution in [2.75, 3.05) is 13.1 Å².